The number of fused-ring (bicyclic) bond motifs is 1. The summed E-state index contributed by atoms with van der Waals surface area (Å²) < 4.78 is 37.2. The molecule has 156 valence electrons. The molecule has 0 spiro atoms. The van der Waals surface area contributed by atoms with Crippen molar-refractivity contribution in [3.8, 4) is 11.5 Å². The number of carbonyl (C=O) groups is 1. The molecule has 1 heterocycles. The first-order valence-electron chi connectivity index (χ1n) is 9.57. The molecule has 1 N–H and O–H groups in total. The van der Waals surface area contributed by atoms with E-state index >= 15 is 0 Å². The van der Waals surface area contributed by atoms with Crippen molar-refractivity contribution >= 4 is 27.3 Å². The largest absolute Gasteiger partial charge is 0.496 e. The summed E-state index contributed by atoms with van der Waals surface area (Å²) in [5, 5.41) is 2.87. The van der Waals surface area contributed by atoms with Crippen LogP contribution >= 0.6 is 0 Å². The molecular weight excluding hydrogens is 392 g/mol. The van der Waals surface area contributed by atoms with E-state index in [4.69, 9.17) is 9.47 Å². The van der Waals surface area contributed by atoms with Gasteiger partial charge < -0.3 is 14.8 Å². The number of methoxy groups -OCH3 is 2. The van der Waals surface area contributed by atoms with E-state index in [0.717, 1.165) is 18.4 Å². The lowest BCUT2D eigenvalue weighted by atomic mass is 10.0. The molecule has 8 heteroatoms. The van der Waals surface area contributed by atoms with E-state index in [2.05, 4.69) is 5.32 Å². The molecule has 2 aromatic carbocycles. The van der Waals surface area contributed by atoms with Crippen LogP contribution in [0.1, 0.15) is 35.7 Å². The molecule has 1 amide bonds. The number of sulfonamides is 1. The molecule has 0 radical (unpaired) electrons. The van der Waals surface area contributed by atoms with Crippen molar-refractivity contribution in [2.75, 3.05) is 36.1 Å². The third kappa shape index (κ3) is 4.32. The van der Waals surface area contributed by atoms with Crippen molar-refractivity contribution < 1.29 is 22.7 Å². The highest BCUT2D eigenvalue weighted by molar-refractivity contribution is 7.92. The molecule has 0 atom stereocenters. The van der Waals surface area contributed by atoms with Crippen LogP contribution in [-0.2, 0) is 16.4 Å². The molecule has 29 heavy (non-hydrogen) atoms. The molecule has 1 aliphatic rings. The molecule has 0 fully saturated rings. The fourth-order valence-electron chi connectivity index (χ4n) is 3.57. The van der Waals surface area contributed by atoms with Crippen LogP contribution in [0.25, 0.3) is 0 Å². The maximum Gasteiger partial charge on any atom is 0.263 e. The Hall–Kier alpha value is -2.74. The molecule has 0 aliphatic carbocycles. The second-order valence-corrected chi connectivity index (χ2v) is 8.84. The van der Waals surface area contributed by atoms with Gasteiger partial charge in [-0.3, -0.25) is 9.10 Å². The molecule has 3 rings (SSSR count). The van der Waals surface area contributed by atoms with Crippen LogP contribution in [0.5, 0.6) is 11.5 Å². The number of amides is 1. The van der Waals surface area contributed by atoms with Crippen LogP contribution in [0.15, 0.2) is 36.4 Å². The molecule has 2 aromatic rings. The Labute approximate surface area is 171 Å². The van der Waals surface area contributed by atoms with E-state index in [1.165, 1.54) is 18.5 Å². The molecule has 0 bridgehead atoms. The third-order valence-electron chi connectivity index (χ3n) is 4.87. The number of nitrogens with one attached hydrogen (secondary N) is 1. The predicted molar refractivity (Wildman–Crippen MR) is 114 cm³/mol. The zero-order valence-electron chi connectivity index (χ0n) is 16.9. The Kier molecular flexibility index (Phi) is 6.32. The smallest absolute Gasteiger partial charge is 0.263 e. The van der Waals surface area contributed by atoms with Gasteiger partial charge in [0.05, 0.1) is 25.7 Å². The highest BCUT2D eigenvalue weighted by Gasteiger charge is 2.27. The van der Waals surface area contributed by atoms with E-state index in [1.54, 1.807) is 30.3 Å². The Morgan fingerprint density at radius 1 is 1.14 bits per heavy atom. The molecule has 1 aliphatic heterocycles. The molecule has 0 aromatic heterocycles. The normalized spacial score (nSPS) is 13.6. The van der Waals surface area contributed by atoms with Crippen LogP contribution in [0.3, 0.4) is 0 Å². The van der Waals surface area contributed by atoms with Crippen molar-refractivity contribution in [1.29, 1.82) is 0 Å². The summed E-state index contributed by atoms with van der Waals surface area (Å²) in [5.74, 6) is 0.595. The van der Waals surface area contributed by atoms with Gasteiger partial charge in [-0.2, -0.15) is 0 Å². The van der Waals surface area contributed by atoms with Gasteiger partial charge in [-0.25, -0.2) is 8.42 Å². The minimum Gasteiger partial charge on any atom is -0.496 e. The number of carbonyl (C=O) groups excluding carboxylic acids is 1. The minimum absolute atomic E-state index is 0.124. The Bertz CT molecular complexity index is 982. The Morgan fingerprint density at radius 2 is 1.83 bits per heavy atom. The summed E-state index contributed by atoms with van der Waals surface area (Å²) >= 11 is 0. The average molecular weight is 419 g/mol. The molecule has 0 saturated heterocycles. The van der Waals surface area contributed by atoms with Gasteiger partial charge in [-0.15, -0.1) is 0 Å². The van der Waals surface area contributed by atoms with E-state index in [-0.39, 0.29) is 11.7 Å². The zero-order chi connectivity index (χ0) is 21.0. The Balaban J connectivity index is 1.89. The number of hydrogen-bond donors (Lipinski definition) is 1. The lowest BCUT2D eigenvalue weighted by Crippen LogP contribution is -2.37. The second kappa shape index (κ2) is 8.73. The van der Waals surface area contributed by atoms with Crippen LogP contribution in [-0.4, -0.2) is 40.8 Å². The van der Waals surface area contributed by atoms with E-state index in [9.17, 15) is 13.2 Å². The third-order valence-corrected chi connectivity index (χ3v) is 6.84. The van der Waals surface area contributed by atoms with Gasteiger partial charge in [0.25, 0.3) is 5.91 Å². The SMILES string of the molecule is CCCS(=O)(=O)N1CCCc2cc(NC(=O)c3c(OC)cccc3OC)ccc21. The van der Waals surface area contributed by atoms with Gasteiger partial charge >= 0.3 is 0 Å². The molecule has 0 saturated carbocycles. The lowest BCUT2D eigenvalue weighted by molar-refractivity contribution is 0.102. The topological polar surface area (TPSA) is 84.9 Å². The number of hydrogen-bond acceptors (Lipinski definition) is 5. The van der Waals surface area contributed by atoms with Crippen molar-refractivity contribution in [1.82, 2.24) is 0 Å². The Morgan fingerprint density at radius 3 is 2.45 bits per heavy atom. The predicted octanol–water partition coefficient (Wildman–Crippen LogP) is 3.45. The van der Waals surface area contributed by atoms with Gasteiger partial charge in [0.2, 0.25) is 10.0 Å². The van der Waals surface area contributed by atoms with Crippen molar-refractivity contribution in [3.63, 3.8) is 0 Å². The quantitative estimate of drug-likeness (QED) is 0.744. The monoisotopic (exact) mass is 418 g/mol. The van der Waals surface area contributed by atoms with Crippen LogP contribution in [0, 0.1) is 0 Å². The standard InChI is InChI=1S/C21H26N2O5S/c1-4-13-29(25,26)23-12-6-7-15-14-16(10-11-17(15)23)22-21(24)20-18(27-2)8-5-9-19(20)28-3/h5,8-11,14H,4,6-7,12-13H2,1-3H3,(H,22,24). The first-order valence-corrected chi connectivity index (χ1v) is 11.2. The number of benzene rings is 2. The first kappa shape index (κ1) is 21.0. The highest BCUT2D eigenvalue weighted by atomic mass is 32.2. The van der Waals surface area contributed by atoms with E-state index in [0.29, 0.717) is 41.4 Å². The van der Waals surface area contributed by atoms with Crippen LogP contribution < -0.4 is 19.1 Å². The fraction of sp³-hybridized carbons (Fsp3) is 0.381. The van der Waals surface area contributed by atoms with E-state index < -0.39 is 10.0 Å². The zero-order valence-corrected chi connectivity index (χ0v) is 17.7. The summed E-state index contributed by atoms with van der Waals surface area (Å²) in [6, 6.07) is 10.5. The fourth-order valence-corrected chi connectivity index (χ4v) is 5.19. The number of nitrogens with zero attached hydrogens (tertiary/aromatic N) is 1. The molecular formula is C21H26N2O5S. The van der Waals surface area contributed by atoms with Gasteiger partial charge in [0, 0.05) is 12.2 Å². The number of rotatable bonds is 7. The summed E-state index contributed by atoms with van der Waals surface area (Å²) in [7, 11) is -0.339. The summed E-state index contributed by atoms with van der Waals surface area (Å²) in [5.41, 5.74) is 2.50. The van der Waals surface area contributed by atoms with Crippen molar-refractivity contribution in [2.45, 2.75) is 26.2 Å². The molecule has 7 nitrogen and oxygen atoms in total. The highest BCUT2D eigenvalue weighted by Crippen LogP contribution is 2.33. The van der Waals surface area contributed by atoms with Crippen molar-refractivity contribution in [2.24, 2.45) is 0 Å². The summed E-state index contributed by atoms with van der Waals surface area (Å²) in [6.07, 6.45) is 2.08. The number of ether oxygens (including phenoxy) is 2. The average Bonchev–Trinajstić information content (AvgIpc) is 2.72. The van der Waals surface area contributed by atoms with Gasteiger partial charge in [0.1, 0.15) is 17.1 Å². The number of aryl methyl sites for hydroxylation is 1. The summed E-state index contributed by atoms with van der Waals surface area (Å²) in [6.45, 7) is 2.34. The van der Waals surface area contributed by atoms with Gasteiger partial charge in [-0.05, 0) is 55.2 Å². The minimum atomic E-state index is -3.33. The first-order chi connectivity index (χ1) is 13.9. The summed E-state index contributed by atoms with van der Waals surface area (Å²) in [4.78, 5) is 12.9. The van der Waals surface area contributed by atoms with E-state index in [1.807, 2.05) is 13.0 Å². The maximum absolute atomic E-state index is 12.9. The lowest BCUT2D eigenvalue weighted by Gasteiger charge is -2.30. The van der Waals surface area contributed by atoms with Crippen LogP contribution in [0.4, 0.5) is 11.4 Å². The van der Waals surface area contributed by atoms with Crippen LogP contribution in [0.2, 0.25) is 0 Å². The van der Waals surface area contributed by atoms with Gasteiger partial charge in [0.15, 0.2) is 0 Å². The second-order valence-electron chi connectivity index (χ2n) is 6.83. The van der Waals surface area contributed by atoms with Gasteiger partial charge in [-0.1, -0.05) is 13.0 Å². The maximum atomic E-state index is 12.9. The molecule has 0 unspecified atom stereocenters. The van der Waals surface area contributed by atoms with Crippen molar-refractivity contribution in [3.05, 3.63) is 47.5 Å². The number of anilines is 2.